The number of aromatic nitrogens is 3. The molecular weight excluding hydrogens is 423 g/mol. The van der Waals surface area contributed by atoms with E-state index in [1.54, 1.807) is 29.5 Å². The smallest absolute Gasteiger partial charge is 0.226 e. The third-order valence-electron chi connectivity index (χ3n) is 5.36. The second-order valence-electron chi connectivity index (χ2n) is 7.09. The first-order valence-corrected chi connectivity index (χ1v) is 10.6. The number of benzene rings is 2. The molecule has 1 N–H and O–H groups in total. The summed E-state index contributed by atoms with van der Waals surface area (Å²) in [7, 11) is 0. The van der Waals surface area contributed by atoms with Crippen LogP contribution in [0.25, 0.3) is 5.70 Å². The highest BCUT2D eigenvalue weighted by atomic mass is 35.5. The third-order valence-corrected chi connectivity index (χ3v) is 6.52. The minimum Gasteiger partial charge on any atom is -0.480 e. The molecule has 0 fully saturated rings. The van der Waals surface area contributed by atoms with Crippen LogP contribution in [0.4, 0.5) is 10.3 Å². The first-order chi connectivity index (χ1) is 14.7. The number of thiophene rings is 1. The molecule has 0 saturated carbocycles. The van der Waals surface area contributed by atoms with Gasteiger partial charge in [0.25, 0.3) is 0 Å². The fraction of sp³-hybridized carbons (Fsp3) is 0.0909. The number of ether oxygens (including phenoxy) is 1. The maximum atomic E-state index is 13.6. The summed E-state index contributed by atoms with van der Waals surface area (Å²) in [5, 5.41) is 10.6. The number of anilines is 1. The number of nitrogens with one attached hydrogen (secondary N) is 1. The first kappa shape index (κ1) is 17.7. The zero-order chi connectivity index (χ0) is 20.2. The van der Waals surface area contributed by atoms with Gasteiger partial charge in [0.15, 0.2) is 0 Å². The molecule has 0 radical (unpaired) electrons. The van der Waals surface area contributed by atoms with Gasteiger partial charge in [-0.15, -0.1) is 11.3 Å². The van der Waals surface area contributed by atoms with Crippen molar-refractivity contribution >= 4 is 34.6 Å². The largest absolute Gasteiger partial charge is 0.480 e. The second kappa shape index (κ2) is 6.68. The summed E-state index contributed by atoms with van der Waals surface area (Å²) < 4.78 is 22.0. The van der Waals surface area contributed by atoms with Crippen LogP contribution in [-0.4, -0.2) is 14.8 Å². The van der Waals surface area contributed by atoms with Gasteiger partial charge in [0.2, 0.25) is 5.95 Å². The highest BCUT2D eigenvalue weighted by Gasteiger charge is 2.41. The van der Waals surface area contributed by atoms with Gasteiger partial charge < -0.3 is 10.1 Å². The van der Waals surface area contributed by atoms with E-state index in [-0.39, 0.29) is 11.9 Å². The number of halogens is 2. The van der Waals surface area contributed by atoms with Crippen molar-refractivity contribution in [3.05, 3.63) is 98.7 Å². The van der Waals surface area contributed by atoms with Crippen molar-refractivity contribution in [1.82, 2.24) is 14.8 Å². The Balaban J connectivity index is 1.63. The Labute approximate surface area is 180 Å². The van der Waals surface area contributed by atoms with Gasteiger partial charge in [0, 0.05) is 21.0 Å². The Hall–Kier alpha value is -3.16. The maximum absolute atomic E-state index is 13.6. The molecule has 30 heavy (non-hydrogen) atoms. The first-order valence-electron chi connectivity index (χ1n) is 9.35. The minimum atomic E-state index is -0.425. The zero-order valence-electron chi connectivity index (χ0n) is 15.4. The van der Waals surface area contributed by atoms with Crippen LogP contribution in [0.5, 0.6) is 5.75 Å². The maximum Gasteiger partial charge on any atom is 0.226 e. The standard InChI is InChI=1S/C22H14ClFN4OS/c23-13-5-8-16-15(10-13)19-18(21(29-16)12-3-6-14(24)7-4-12)20(17-2-1-9-30-17)28-22(27-19)25-11-26-28/h1-11,20-21H,(H,25,26,27)/t20-,21-/m1/s1. The third kappa shape index (κ3) is 2.66. The van der Waals surface area contributed by atoms with Crippen molar-refractivity contribution in [3.63, 3.8) is 0 Å². The van der Waals surface area contributed by atoms with Crippen molar-refractivity contribution in [1.29, 1.82) is 0 Å². The highest BCUT2D eigenvalue weighted by Crippen LogP contribution is 2.51. The predicted octanol–water partition coefficient (Wildman–Crippen LogP) is 5.69. The van der Waals surface area contributed by atoms with Gasteiger partial charge in [0.05, 0.1) is 5.70 Å². The number of hydrogen-bond acceptors (Lipinski definition) is 5. The molecule has 148 valence electrons. The number of rotatable bonds is 2. The van der Waals surface area contributed by atoms with E-state index in [1.807, 2.05) is 28.3 Å². The predicted molar refractivity (Wildman–Crippen MR) is 114 cm³/mol. The highest BCUT2D eigenvalue weighted by molar-refractivity contribution is 7.10. The Bertz CT molecular complexity index is 1280. The van der Waals surface area contributed by atoms with E-state index in [0.717, 1.165) is 27.3 Å². The van der Waals surface area contributed by atoms with Crippen molar-refractivity contribution < 1.29 is 9.13 Å². The molecule has 5 nitrogen and oxygen atoms in total. The van der Waals surface area contributed by atoms with E-state index in [9.17, 15) is 4.39 Å². The zero-order valence-corrected chi connectivity index (χ0v) is 17.0. The molecule has 4 heterocycles. The van der Waals surface area contributed by atoms with E-state index in [4.69, 9.17) is 16.3 Å². The Kier molecular flexibility index (Phi) is 3.94. The lowest BCUT2D eigenvalue weighted by Crippen LogP contribution is -2.32. The molecule has 2 aliphatic rings. The lowest BCUT2D eigenvalue weighted by molar-refractivity contribution is 0.223. The average Bonchev–Trinajstić information content (AvgIpc) is 3.44. The molecule has 2 aromatic heterocycles. The van der Waals surface area contributed by atoms with Crippen molar-refractivity contribution in [2.45, 2.75) is 12.1 Å². The van der Waals surface area contributed by atoms with Gasteiger partial charge in [0.1, 0.15) is 30.0 Å². The summed E-state index contributed by atoms with van der Waals surface area (Å²) in [6.45, 7) is 0. The molecule has 0 spiro atoms. The van der Waals surface area contributed by atoms with Crippen LogP contribution in [0.15, 0.2) is 71.9 Å². The van der Waals surface area contributed by atoms with E-state index < -0.39 is 6.10 Å². The van der Waals surface area contributed by atoms with Gasteiger partial charge in [-0.2, -0.15) is 10.1 Å². The summed E-state index contributed by atoms with van der Waals surface area (Å²) >= 11 is 7.96. The van der Waals surface area contributed by atoms with Crippen LogP contribution in [0.1, 0.15) is 28.1 Å². The number of fused-ring (bicyclic) bond motifs is 3. The second-order valence-corrected chi connectivity index (χ2v) is 8.51. The molecule has 0 saturated heterocycles. The molecule has 2 aromatic carbocycles. The normalized spacial score (nSPS) is 19.4. The lowest BCUT2D eigenvalue weighted by Gasteiger charge is -2.38. The summed E-state index contributed by atoms with van der Waals surface area (Å²) in [4.78, 5) is 5.51. The topological polar surface area (TPSA) is 52.0 Å². The summed E-state index contributed by atoms with van der Waals surface area (Å²) in [5.41, 5.74) is 3.60. The molecule has 8 heteroatoms. The molecule has 0 aliphatic carbocycles. The summed E-state index contributed by atoms with van der Waals surface area (Å²) in [6, 6.07) is 15.8. The van der Waals surface area contributed by atoms with Crippen LogP contribution in [0.2, 0.25) is 5.02 Å². The van der Waals surface area contributed by atoms with Crippen molar-refractivity contribution in [2.24, 2.45) is 0 Å². The molecule has 4 aromatic rings. The van der Waals surface area contributed by atoms with Crippen LogP contribution in [0, 0.1) is 5.82 Å². The van der Waals surface area contributed by atoms with E-state index in [2.05, 4.69) is 21.5 Å². The molecule has 0 unspecified atom stereocenters. The number of nitrogens with zero attached hydrogens (tertiary/aromatic N) is 3. The Morgan fingerprint density at radius 2 is 2.00 bits per heavy atom. The van der Waals surface area contributed by atoms with Gasteiger partial charge in [-0.05, 0) is 47.3 Å². The summed E-state index contributed by atoms with van der Waals surface area (Å²) in [5.74, 6) is 1.07. The van der Waals surface area contributed by atoms with Crippen molar-refractivity contribution in [2.75, 3.05) is 5.32 Å². The summed E-state index contributed by atoms with van der Waals surface area (Å²) in [6.07, 6.45) is 1.11. The molecule has 0 amide bonds. The monoisotopic (exact) mass is 436 g/mol. The molecule has 0 bridgehead atoms. The van der Waals surface area contributed by atoms with E-state index in [1.165, 1.54) is 18.5 Å². The number of hydrogen-bond donors (Lipinski definition) is 1. The Morgan fingerprint density at radius 1 is 1.13 bits per heavy atom. The van der Waals surface area contributed by atoms with Crippen LogP contribution < -0.4 is 10.1 Å². The van der Waals surface area contributed by atoms with E-state index >= 15 is 0 Å². The average molecular weight is 437 g/mol. The fourth-order valence-corrected chi connectivity index (χ4v) is 5.07. The molecular formula is C22H14ClFN4OS. The van der Waals surface area contributed by atoms with Crippen LogP contribution in [-0.2, 0) is 0 Å². The van der Waals surface area contributed by atoms with Gasteiger partial charge in [-0.1, -0.05) is 29.8 Å². The Morgan fingerprint density at radius 3 is 2.80 bits per heavy atom. The lowest BCUT2D eigenvalue weighted by atomic mass is 9.87. The molecule has 6 rings (SSSR count). The van der Waals surface area contributed by atoms with Gasteiger partial charge in [-0.3, -0.25) is 0 Å². The molecule has 2 atom stereocenters. The van der Waals surface area contributed by atoms with Gasteiger partial charge in [-0.25, -0.2) is 9.07 Å². The van der Waals surface area contributed by atoms with Crippen molar-refractivity contribution in [3.8, 4) is 5.75 Å². The van der Waals surface area contributed by atoms with Crippen LogP contribution in [0.3, 0.4) is 0 Å². The SMILES string of the molecule is Fc1ccc([C@H]2Oc3ccc(Cl)cc3C3=C2[C@@H](c2cccs2)n2ncnc2N3)cc1. The quantitative estimate of drug-likeness (QED) is 0.438. The van der Waals surface area contributed by atoms with E-state index in [0.29, 0.717) is 16.7 Å². The fourth-order valence-electron chi connectivity index (χ4n) is 4.07. The minimum absolute atomic E-state index is 0.207. The van der Waals surface area contributed by atoms with Gasteiger partial charge >= 0.3 is 0 Å². The molecule has 2 aliphatic heterocycles. The van der Waals surface area contributed by atoms with Crippen LogP contribution >= 0.6 is 22.9 Å².